The van der Waals surface area contributed by atoms with Gasteiger partial charge in [-0.1, -0.05) is 6.07 Å². The Morgan fingerprint density at radius 2 is 1.44 bits per heavy atom. The van der Waals surface area contributed by atoms with Crippen molar-refractivity contribution in [3.8, 4) is 36.0 Å². The molecule has 0 aliphatic heterocycles. The highest BCUT2D eigenvalue weighted by Crippen LogP contribution is 2.39. The van der Waals surface area contributed by atoms with E-state index in [0.29, 0.717) is 5.56 Å². The molecule has 0 aromatic heterocycles. The maximum atomic E-state index is 8.45. The summed E-state index contributed by atoms with van der Waals surface area (Å²) in [6.45, 7) is 1.66. The van der Waals surface area contributed by atoms with Crippen molar-refractivity contribution < 1.29 is 14.2 Å². The molecule has 0 heterocycles. The van der Waals surface area contributed by atoms with Crippen LogP contribution in [0.4, 0.5) is 0 Å². The first-order valence-corrected chi connectivity index (χ1v) is 4.06. The molecule has 0 unspecified atom stereocenters. The Balaban J connectivity index is 3.34. The van der Waals surface area contributed by atoms with Crippen LogP contribution < -0.4 is 14.2 Å². The normalized spacial score (nSPS) is 8.12. The fourth-order valence-corrected chi connectivity index (χ4v) is 1.09. The van der Waals surface area contributed by atoms with Crippen molar-refractivity contribution >= 4 is 0 Å². The summed E-state index contributed by atoms with van der Waals surface area (Å²) in [5.74, 6) is -0.0256. The molecule has 0 saturated heterocycles. The summed E-state index contributed by atoms with van der Waals surface area (Å²) < 4.78 is 13.8. The van der Waals surface area contributed by atoms with Crippen LogP contribution in [-0.4, -0.2) is 0 Å². The second-order valence-electron chi connectivity index (χ2n) is 2.62. The third kappa shape index (κ3) is 2.12. The van der Waals surface area contributed by atoms with E-state index in [0.717, 1.165) is 0 Å². The number of nitriles is 3. The molecule has 0 atom stereocenters. The summed E-state index contributed by atoms with van der Waals surface area (Å²) in [6, 6.07) is 3.01. The van der Waals surface area contributed by atoms with Crippen molar-refractivity contribution in [3.05, 3.63) is 17.7 Å². The first-order chi connectivity index (χ1) is 7.74. The van der Waals surface area contributed by atoms with Crippen LogP contribution in [0.5, 0.6) is 17.2 Å². The number of nitrogens with zero attached hydrogens (tertiary/aromatic N) is 3. The Kier molecular flexibility index (Phi) is 3.55. The lowest BCUT2D eigenvalue weighted by atomic mass is 10.2. The second-order valence-corrected chi connectivity index (χ2v) is 2.62. The highest BCUT2D eigenvalue weighted by Gasteiger charge is 2.16. The fraction of sp³-hybridized carbons (Fsp3) is 0.100. The maximum Gasteiger partial charge on any atom is 0.292 e. The van der Waals surface area contributed by atoms with Gasteiger partial charge in [0.1, 0.15) is 0 Å². The molecule has 0 fully saturated rings. The van der Waals surface area contributed by atoms with Gasteiger partial charge in [-0.15, -0.1) is 15.8 Å². The van der Waals surface area contributed by atoms with Crippen LogP contribution in [0.2, 0.25) is 0 Å². The quantitative estimate of drug-likeness (QED) is 0.709. The van der Waals surface area contributed by atoms with E-state index in [1.54, 1.807) is 13.0 Å². The lowest BCUT2D eigenvalue weighted by Crippen LogP contribution is -1.95. The van der Waals surface area contributed by atoms with Crippen LogP contribution in [0.25, 0.3) is 0 Å². The van der Waals surface area contributed by atoms with Gasteiger partial charge in [0.25, 0.3) is 18.8 Å². The molecule has 0 spiro atoms. The number of rotatable bonds is 3. The van der Waals surface area contributed by atoms with E-state index in [4.69, 9.17) is 15.8 Å². The van der Waals surface area contributed by atoms with E-state index in [2.05, 4.69) is 14.2 Å². The van der Waals surface area contributed by atoms with E-state index in [-0.39, 0.29) is 17.2 Å². The molecule has 0 amide bonds. The van der Waals surface area contributed by atoms with Crippen molar-refractivity contribution in [3.63, 3.8) is 0 Å². The first kappa shape index (κ1) is 11.2. The van der Waals surface area contributed by atoms with E-state index < -0.39 is 0 Å². The van der Waals surface area contributed by atoms with E-state index >= 15 is 0 Å². The zero-order valence-corrected chi connectivity index (χ0v) is 8.22. The van der Waals surface area contributed by atoms with Crippen LogP contribution in [-0.2, 0) is 0 Å². The predicted octanol–water partition coefficient (Wildman–Crippen LogP) is 1.57. The molecule has 78 valence electrons. The van der Waals surface area contributed by atoms with Gasteiger partial charge in [0, 0.05) is 0 Å². The molecule has 1 rings (SSSR count). The van der Waals surface area contributed by atoms with Crippen LogP contribution in [0.1, 0.15) is 5.56 Å². The van der Waals surface area contributed by atoms with Gasteiger partial charge >= 0.3 is 0 Å². The Morgan fingerprint density at radius 3 is 2.00 bits per heavy atom. The summed E-state index contributed by atoms with van der Waals surface area (Å²) in [7, 11) is 0. The number of hydrogen-bond acceptors (Lipinski definition) is 6. The number of aryl methyl sites for hydroxylation is 1. The molecular weight excluding hydrogens is 210 g/mol. The minimum Gasteiger partial charge on any atom is -0.384 e. The second kappa shape index (κ2) is 5.09. The average Bonchev–Trinajstić information content (AvgIpc) is 2.27. The van der Waals surface area contributed by atoms with Crippen molar-refractivity contribution in [1.82, 2.24) is 0 Å². The summed E-state index contributed by atoms with van der Waals surface area (Å²) >= 11 is 0. The van der Waals surface area contributed by atoms with Gasteiger partial charge in [-0.2, -0.15) is 0 Å². The minimum atomic E-state index is -0.0920. The lowest BCUT2D eigenvalue weighted by molar-refractivity contribution is 0.406. The largest absolute Gasteiger partial charge is 0.384 e. The smallest absolute Gasteiger partial charge is 0.292 e. The molecule has 0 bridgehead atoms. The summed E-state index contributed by atoms with van der Waals surface area (Å²) in [4.78, 5) is 0. The van der Waals surface area contributed by atoms with Gasteiger partial charge in [0.2, 0.25) is 5.75 Å². The Morgan fingerprint density at radius 1 is 0.875 bits per heavy atom. The van der Waals surface area contributed by atoms with Crippen molar-refractivity contribution in [1.29, 1.82) is 15.8 Å². The topological polar surface area (TPSA) is 99.1 Å². The fourth-order valence-electron chi connectivity index (χ4n) is 1.09. The highest BCUT2D eigenvalue weighted by atomic mass is 16.5. The SMILES string of the molecule is Cc1ccc(OC#N)c(OC#N)c1OC#N. The number of ether oxygens (including phenoxy) is 3. The van der Waals surface area contributed by atoms with Gasteiger partial charge < -0.3 is 14.2 Å². The van der Waals surface area contributed by atoms with Crippen molar-refractivity contribution in [2.75, 3.05) is 0 Å². The zero-order chi connectivity index (χ0) is 12.0. The monoisotopic (exact) mass is 215 g/mol. The third-order valence-corrected chi connectivity index (χ3v) is 1.72. The molecule has 0 N–H and O–H groups in total. The molecule has 0 radical (unpaired) electrons. The molecule has 0 saturated carbocycles. The van der Waals surface area contributed by atoms with Crippen molar-refractivity contribution in [2.24, 2.45) is 0 Å². The minimum absolute atomic E-state index is 0.0138. The van der Waals surface area contributed by atoms with Gasteiger partial charge in [0.05, 0.1) is 0 Å². The molecule has 16 heavy (non-hydrogen) atoms. The van der Waals surface area contributed by atoms with Gasteiger partial charge in [-0.05, 0) is 18.6 Å². The molecule has 6 heteroatoms. The average molecular weight is 215 g/mol. The molecule has 1 aromatic carbocycles. The molecule has 1 aromatic rings. The number of benzene rings is 1. The van der Waals surface area contributed by atoms with Crippen LogP contribution >= 0.6 is 0 Å². The summed E-state index contributed by atoms with van der Waals surface area (Å²) in [5.41, 5.74) is 0.581. The van der Waals surface area contributed by atoms with Gasteiger partial charge in [-0.3, -0.25) is 0 Å². The Bertz CT molecular complexity index is 520. The lowest BCUT2D eigenvalue weighted by Gasteiger charge is -2.08. The van der Waals surface area contributed by atoms with E-state index in [1.807, 2.05) is 0 Å². The predicted molar refractivity (Wildman–Crippen MR) is 49.9 cm³/mol. The molecule has 6 nitrogen and oxygen atoms in total. The molecular formula is C10H5N3O3. The van der Waals surface area contributed by atoms with Gasteiger partial charge in [0.15, 0.2) is 11.5 Å². The molecule has 0 aliphatic rings. The van der Waals surface area contributed by atoms with Crippen molar-refractivity contribution in [2.45, 2.75) is 6.92 Å². The highest BCUT2D eigenvalue weighted by molar-refractivity contribution is 5.56. The Hall–Kier alpha value is -2.91. The van der Waals surface area contributed by atoms with Crippen LogP contribution in [0.15, 0.2) is 12.1 Å². The Labute approximate surface area is 91.4 Å². The summed E-state index contributed by atoms with van der Waals surface area (Å²) in [6.07, 6.45) is 4.34. The van der Waals surface area contributed by atoms with E-state index in [1.165, 1.54) is 24.8 Å². The first-order valence-electron chi connectivity index (χ1n) is 4.06. The van der Waals surface area contributed by atoms with Crippen LogP contribution in [0.3, 0.4) is 0 Å². The standard InChI is InChI=1S/C10H5N3O3/c1-7-2-3-8(14-4-11)10(16-6-13)9(7)15-5-12/h2-3H,1H3. The van der Waals surface area contributed by atoms with E-state index in [9.17, 15) is 0 Å². The third-order valence-electron chi connectivity index (χ3n) is 1.72. The van der Waals surface area contributed by atoms with Crippen LogP contribution in [0, 0.1) is 41.5 Å². The maximum absolute atomic E-state index is 8.45. The summed E-state index contributed by atoms with van der Waals surface area (Å²) in [5, 5.41) is 25.3. The zero-order valence-electron chi connectivity index (χ0n) is 8.22. The molecule has 0 aliphatic carbocycles. The number of hydrogen-bond donors (Lipinski definition) is 0. The van der Waals surface area contributed by atoms with Gasteiger partial charge in [-0.25, -0.2) is 0 Å².